The van der Waals surface area contributed by atoms with Gasteiger partial charge in [-0.05, 0) is 31.5 Å². The summed E-state index contributed by atoms with van der Waals surface area (Å²) in [5.74, 6) is 0.544. The van der Waals surface area contributed by atoms with Crippen LogP contribution in [0.1, 0.15) is 19.4 Å². The van der Waals surface area contributed by atoms with E-state index in [1.165, 1.54) is 0 Å². The van der Waals surface area contributed by atoms with Gasteiger partial charge in [-0.3, -0.25) is 0 Å². The molecule has 0 fully saturated rings. The lowest BCUT2D eigenvalue weighted by Gasteiger charge is -2.13. The largest absolute Gasteiger partial charge is 0.492 e. The van der Waals surface area contributed by atoms with Crippen LogP contribution in [0.2, 0.25) is 0 Å². The molecule has 0 aliphatic heterocycles. The Morgan fingerprint density at radius 2 is 1.95 bits per heavy atom. The van der Waals surface area contributed by atoms with Crippen LogP contribution in [0, 0.1) is 0 Å². The minimum absolute atomic E-state index is 0.224. The normalized spacial score (nSPS) is 12.3. The average Bonchev–Trinajstić information content (AvgIpc) is 2.37. The van der Waals surface area contributed by atoms with Crippen LogP contribution in [0.5, 0.6) is 5.75 Å². The molecule has 5 heteroatoms. The highest BCUT2D eigenvalue weighted by atomic mass is 35.5. The van der Waals surface area contributed by atoms with Gasteiger partial charge >= 0.3 is 5.97 Å². The summed E-state index contributed by atoms with van der Waals surface area (Å²) in [6.07, 6.45) is -1.15. The molecular weight excluding hydrogens is 268 g/mol. The maximum absolute atomic E-state index is 11.5. The second-order valence-electron chi connectivity index (χ2n) is 4.39. The van der Waals surface area contributed by atoms with Crippen molar-refractivity contribution in [3.05, 3.63) is 29.8 Å². The van der Waals surface area contributed by atoms with Gasteiger partial charge in [0.1, 0.15) is 12.4 Å². The third-order valence-corrected chi connectivity index (χ3v) is 2.48. The average molecular weight is 287 g/mol. The fraction of sp³-hybridized carbons (Fsp3) is 0.500. The number of ether oxygens (including phenoxy) is 2. The van der Waals surface area contributed by atoms with Crippen LogP contribution >= 0.6 is 11.6 Å². The van der Waals surface area contributed by atoms with Crippen molar-refractivity contribution in [2.45, 2.75) is 32.5 Å². The van der Waals surface area contributed by atoms with Crippen molar-refractivity contribution in [1.29, 1.82) is 0 Å². The highest BCUT2D eigenvalue weighted by Crippen LogP contribution is 2.14. The highest BCUT2D eigenvalue weighted by Gasteiger charge is 2.18. The highest BCUT2D eigenvalue weighted by molar-refractivity contribution is 6.18. The van der Waals surface area contributed by atoms with Gasteiger partial charge < -0.3 is 14.6 Å². The molecule has 0 saturated carbocycles. The van der Waals surface area contributed by atoms with Crippen molar-refractivity contribution in [2.24, 2.45) is 0 Å². The first-order valence-corrected chi connectivity index (χ1v) is 6.72. The van der Waals surface area contributed by atoms with Crippen LogP contribution in [-0.4, -0.2) is 35.8 Å². The van der Waals surface area contributed by atoms with Crippen molar-refractivity contribution >= 4 is 17.6 Å². The van der Waals surface area contributed by atoms with E-state index in [4.69, 9.17) is 21.1 Å². The van der Waals surface area contributed by atoms with Crippen LogP contribution in [0.3, 0.4) is 0 Å². The van der Waals surface area contributed by atoms with E-state index >= 15 is 0 Å². The lowest BCUT2D eigenvalue weighted by atomic mass is 10.1. The second-order valence-corrected chi connectivity index (χ2v) is 4.76. The summed E-state index contributed by atoms with van der Waals surface area (Å²) in [6.45, 7) is 3.94. The molecule has 0 saturated heterocycles. The monoisotopic (exact) mass is 286 g/mol. The van der Waals surface area contributed by atoms with Gasteiger partial charge in [-0.1, -0.05) is 12.1 Å². The molecule has 0 amide bonds. The lowest BCUT2D eigenvalue weighted by Crippen LogP contribution is -2.27. The molecule has 0 spiro atoms. The summed E-state index contributed by atoms with van der Waals surface area (Å²) >= 11 is 5.52. The number of rotatable bonds is 7. The third-order valence-electron chi connectivity index (χ3n) is 2.32. The molecule has 1 atom stereocenters. The number of alkyl halides is 1. The van der Waals surface area contributed by atoms with E-state index in [0.717, 1.165) is 5.56 Å². The minimum atomic E-state index is -1.14. The van der Waals surface area contributed by atoms with E-state index in [1.54, 1.807) is 38.1 Å². The SMILES string of the molecule is CC(C)OC(=O)[C@@H](O)Cc1ccc(OCCCl)cc1. The predicted molar refractivity (Wildman–Crippen MR) is 73.6 cm³/mol. The first kappa shape index (κ1) is 15.8. The second kappa shape index (κ2) is 8.02. The van der Waals surface area contributed by atoms with E-state index in [2.05, 4.69) is 0 Å². The van der Waals surface area contributed by atoms with E-state index in [-0.39, 0.29) is 12.5 Å². The maximum atomic E-state index is 11.5. The van der Waals surface area contributed by atoms with Gasteiger partial charge in [0.15, 0.2) is 6.10 Å². The third kappa shape index (κ3) is 5.94. The molecule has 1 N–H and O–H groups in total. The number of halogens is 1. The Bertz CT molecular complexity index is 389. The minimum Gasteiger partial charge on any atom is -0.492 e. The number of hydrogen-bond acceptors (Lipinski definition) is 4. The molecular formula is C14H19ClO4. The Morgan fingerprint density at radius 3 is 2.47 bits per heavy atom. The maximum Gasteiger partial charge on any atom is 0.335 e. The van der Waals surface area contributed by atoms with Crippen molar-refractivity contribution in [3.8, 4) is 5.75 Å². The van der Waals surface area contributed by atoms with Gasteiger partial charge in [-0.15, -0.1) is 11.6 Å². The summed E-state index contributed by atoms with van der Waals surface area (Å²) in [7, 11) is 0. The van der Waals surface area contributed by atoms with Gasteiger partial charge in [-0.25, -0.2) is 4.79 Å². The zero-order valence-electron chi connectivity index (χ0n) is 11.1. The molecule has 1 rings (SSSR count). The summed E-state index contributed by atoms with van der Waals surface area (Å²) in [5.41, 5.74) is 0.839. The number of carbonyl (C=O) groups excluding carboxylic acids is 1. The summed E-state index contributed by atoms with van der Waals surface area (Å²) in [6, 6.07) is 7.16. The molecule has 1 aromatic carbocycles. The van der Waals surface area contributed by atoms with Crippen LogP contribution < -0.4 is 4.74 Å². The lowest BCUT2D eigenvalue weighted by molar-refractivity contribution is -0.157. The zero-order chi connectivity index (χ0) is 14.3. The number of carbonyl (C=O) groups is 1. The van der Waals surface area contributed by atoms with Gasteiger partial charge in [-0.2, -0.15) is 0 Å². The standard InChI is InChI=1S/C14H19ClO4/c1-10(2)19-14(17)13(16)9-11-3-5-12(6-4-11)18-8-7-15/h3-6,10,13,16H,7-9H2,1-2H3/t13-/m0/s1. The van der Waals surface area contributed by atoms with E-state index < -0.39 is 12.1 Å². The molecule has 1 aromatic rings. The van der Waals surface area contributed by atoms with Gasteiger partial charge in [0.2, 0.25) is 0 Å². The molecule has 0 heterocycles. The quantitative estimate of drug-likeness (QED) is 0.616. The van der Waals surface area contributed by atoms with Crippen molar-refractivity contribution in [2.75, 3.05) is 12.5 Å². The number of aliphatic hydroxyl groups excluding tert-OH is 1. The van der Waals surface area contributed by atoms with Crippen molar-refractivity contribution in [3.63, 3.8) is 0 Å². The smallest absolute Gasteiger partial charge is 0.335 e. The molecule has 0 radical (unpaired) electrons. The van der Waals surface area contributed by atoms with Crippen LogP contribution in [0.15, 0.2) is 24.3 Å². The number of esters is 1. The Morgan fingerprint density at radius 1 is 1.32 bits per heavy atom. The Labute approximate surface area is 118 Å². The van der Waals surface area contributed by atoms with Crippen molar-refractivity contribution < 1.29 is 19.4 Å². The van der Waals surface area contributed by atoms with Gasteiger partial charge in [0, 0.05) is 6.42 Å². The summed E-state index contributed by atoms with van der Waals surface area (Å²) in [4.78, 5) is 11.5. The Balaban J connectivity index is 2.50. The van der Waals surface area contributed by atoms with E-state index in [9.17, 15) is 9.90 Å². The molecule has 0 bridgehead atoms. The van der Waals surface area contributed by atoms with Gasteiger partial charge in [0.05, 0.1) is 12.0 Å². The molecule has 106 valence electrons. The summed E-state index contributed by atoms with van der Waals surface area (Å²) in [5, 5.41) is 9.71. The topological polar surface area (TPSA) is 55.8 Å². The number of benzene rings is 1. The molecule has 0 aliphatic carbocycles. The molecule has 4 nitrogen and oxygen atoms in total. The zero-order valence-corrected chi connectivity index (χ0v) is 11.9. The number of hydrogen-bond donors (Lipinski definition) is 1. The molecule has 0 aliphatic rings. The number of aliphatic hydroxyl groups is 1. The predicted octanol–water partition coefficient (Wildman–Crippen LogP) is 2.16. The molecule has 0 aromatic heterocycles. The van der Waals surface area contributed by atoms with E-state index in [0.29, 0.717) is 18.2 Å². The van der Waals surface area contributed by atoms with Crippen LogP contribution in [0.25, 0.3) is 0 Å². The summed E-state index contributed by atoms with van der Waals surface area (Å²) < 4.78 is 10.3. The Kier molecular flexibility index (Phi) is 6.67. The van der Waals surface area contributed by atoms with E-state index in [1.807, 2.05) is 0 Å². The first-order valence-electron chi connectivity index (χ1n) is 6.19. The van der Waals surface area contributed by atoms with Crippen LogP contribution in [-0.2, 0) is 16.0 Å². The fourth-order valence-corrected chi connectivity index (χ4v) is 1.57. The van der Waals surface area contributed by atoms with Crippen molar-refractivity contribution in [1.82, 2.24) is 0 Å². The fourth-order valence-electron chi connectivity index (χ4n) is 1.50. The van der Waals surface area contributed by atoms with Gasteiger partial charge in [0.25, 0.3) is 0 Å². The first-order chi connectivity index (χ1) is 9.02. The Hall–Kier alpha value is -1.26. The molecule has 19 heavy (non-hydrogen) atoms. The molecule has 0 unspecified atom stereocenters. The van der Waals surface area contributed by atoms with Crippen LogP contribution in [0.4, 0.5) is 0 Å².